The summed E-state index contributed by atoms with van der Waals surface area (Å²) in [6.45, 7) is 0.848. The summed E-state index contributed by atoms with van der Waals surface area (Å²) in [5, 5.41) is 5.25. The van der Waals surface area contributed by atoms with Gasteiger partial charge in [-0.3, -0.25) is 9.20 Å². The molecule has 0 saturated heterocycles. The number of nitrogens with one attached hydrogen (secondary N) is 1. The standard InChI is InChI=1S/C21H25N3OS/c25-20(22-13-16-7-3-1-4-8-16)12-11-18-15-26-21-23-19(14-24(18)21)17-9-5-2-6-10-17/h2,5-6,9-10,14-16H,1,3-4,7-8,11-13H2,(H,22,25). The van der Waals surface area contributed by atoms with Crippen molar-refractivity contribution in [3.05, 3.63) is 47.6 Å². The molecule has 136 valence electrons. The summed E-state index contributed by atoms with van der Waals surface area (Å²) in [5.74, 6) is 0.848. The molecule has 0 atom stereocenters. The number of amides is 1. The maximum Gasteiger partial charge on any atom is 0.220 e. The topological polar surface area (TPSA) is 46.4 Å². The third-order valence-electron chi connectivity index (χ3n) is 5.27. The summed E-state index contributed by atoms with van der Waals surface area (Å²) in [5.41, 5.74) is 3.27. The molecule has 3 aromatic rings. The van der Waals surface area contributed by atoms with E-state index in [2.05, 4.69) is 33.4 Å². The highest BCUT2D eigenvalue weighted by molar-refractivity contribution is 7.15. The van der Waals surface area contributed by atoms with Gasteiger partial charge >= 0.3 is 0 Å². The first-order valence-corrected chi connectivity index (χ1v) is 10.4. The number of thiazole rings is 1. The number of imidazole rings is 1. The Bertz CT molecular complexity index is 862. The number of carbonyl (C=O) groups excluding carboxylic acids is 1. The molecular weight excluding hydrogens is 342 g/mol. The predicted octanol–water partition coefficient (Wildman–Crippen LogP) is 4.69. The number of hydrogen-bond donors (Lipinski definition) is 1. The average molecular weight is 368 g/mol. The van der Waals surface area contributed by atoms with Crippen LogP contribution in [0, 0.1) is 5.92 Å². The summed E-state index contributed by atoms with van der Waals surface area (Å²) in [4.78, 5) is 17.9. The van der Waals surface area contributed by atoms with Gasteiger partial charge in [0.2, 0.25) is 5.91 Å². The van der Waals surface area contributed by atoms with Crippen LogP contribution < -0.4 is 5.32 Å². The lowest BCUT2D eigenvalue weighted by Crippen LogP contribution is -2.30. The first kappa shape index (κ1) is 17.3. The van der Waals surface area contributed by atoms with Gasteiger partial charge in [0.1, 0.15) is 0 Å². The average Bonchev–Trinajstić information content (AvgIpc) is 3.27. The molecule has 1 aliphatic rings. The Balaban J connectivity index is 1.35. The van der Waals surface area contributed by atoms with Crippen LogP contribution >= 0.6 is 11.3 Å². The van der Waals surface area contributed by atoms with Crippen LogP contribution in [-0.2, 0) is 11.2 Å². The fourth-order valence-corrected chi connectivity index (χ4v) is 4.64. The number of aromatic nitrogens is 2. The van der Waals surface area contributed by atoms with Crippen molar-refractivity contribution in [1.29, 1.82) is 0 Å². The summed E-state index contributed by atoms with van der Waals surface area (Å²) in [6, 6.07) is 10.2. The van der Waals surface area contributed by atoms with Crippen LogP contribution in [0.25, 0.3) is 16.2 Å². The second kappa shape index (κ2) is 8.04. The molecule has 4 nitrogen and oxygen atoms in total. The summed E-state index contributed by atoms with van der Waals surface area (Å²) in [6.07, 6.45) is 9.89. The predicted molar refractivity (Wildman–Crippen MR) is 106 cm³/mol. The molecular formula is C21H25N3OS. The van der Waals surface area contributed by atoms with Crippen molar-refractivity contribution in [1.82, 2.24) is 14.7 Å². The molecule has 26 heavy (non-hydrogen) atoms. The van der Waals surface area contributed by atoms with Crippen molar-refractivity contribution in [2.24, 2.45) is 5.92 Å². The molecule has 1 aliphatic carbocycles. The number of benzene rings is 1. The zero-order chi connectivity index (χ0) is 17.8. The maximum absolute atomic E-state index is 12.2. The van der Waals surface area contributed by atoms with E-state index < -0.39 is 0 Å². The molecule has 0 bridgehead atoms. The lowest BCUT2D eigenvalue weighted by molar-refractivity contribution is -0.121. The van der Waals surface area contributed by atoms with Crippen LogP contribution in [0.15, 0.2) is 41.9 Å². The molecule has 1 aromatic carbocycles. The molecule has 0 radical (unpaired) electrons. The number of rotatable bonds is 6. The van der Waals surface area contributed by atoms with Gasteiger partial charge in [0.15, 0.2) is 4.96 Å². The third-order valence-corrected chi connectivity index (χ3v) is 6.16. The van der Waals surface area contributed by atoms with E-state index in [1.165, 1.54) is 32.1 Å². The molecule has 0 aliphatic heterocycles. The maximum atomic E-state index is 12.2. The lowest BCUT2D eigenvalue weighted by Gasteiger charge is -2.21. The van der Waals surface area contributed by atoms with Gasteiger partial charge in [-0.2, -0.15) is 0 Å². The van der Waals surface area contributed by atoms with Gasteiger partial charge in [-0.1, -0.05) is 49.6 Å². The third kappa shape index (κ3) is 3.98. The van der Waals surface area contributed by atoms with Crippen molar-refractivity contribution in [2.45, 2.75) is 44.9 Å². The van der Waals surface area contributed by atoms with Gasteiger partial charge in [-0.15, -0.1) is 11.3 Å². The Hall–Kier alpha value is -2.14. The zero-order valence-electron chi connectivity index (χ0n) is 15.0. The summed E-state index contributed by atoms with van der Waals surface area (Å²) in [7, 11) is 0. The Morgan fingerprint density at radius 3 is 2.81 bits per heavy atom. The molecule has 1 N–H and O–H groups in total. The van der Waals surface area contributed by atoms with E-state index in [9.17, 15) is 4.79 Å². The Morgan fingerprint density at radius 2 is 2.00 bits per heavy atom. The van der Waals surface area contributed by atoms with E-state index in [-0.39, 0.29) is 5.91 Å². The van der Waals surface area contributed by atoms with E-state index in [0.717, 1.165) is 34.9 Å². The molecule has 1 amide bonds. The molecule has 0 unspecified atom stereocenters. The highest BCUT2D eigenvalue weighted by Gasteiger charge is 2.15. The molecule has 1 saturated carbocycles. The van der Waals surface area contributed by atoms with Gasteiger partial charge in [-0.05, 0) is 25.2 Å². The molecule has 2 heterocycles. The van der Waals surface area contributed by atoms with Crippen LogP contribution in [0.2, 0.25) is 0 Å². The smallest absolute Gasteiger partial charge is 0.220 e. The number of nitrogens with zero attached hydrogens (tertiary/aromatic N) is 2. The van der Waals surface area contributed by atoms with Gasteiger partial charge < -0.3 is 5.32 Å². The Morgan fingerprint density at radius 1 is 1.19 bits per heavy atom. The monoisotopic (exact) mass is 367 g/mol. The zero-order valence-corrected chi connectivity index (χ0v) is 15.8. The molecule has 1 fully saturated rings. The van der Waals surface area contributed by atoms with Gasteiger partial charge in [0, 0.05) is 35.8 Å². The van der Waals surface area contributed by atoms with E-state index in [4.69, 9.17) is 4.98 Å². The highest BCUT2D eigenvalue weighted by atomic mass is 32.1. The Labute approximate surface area is 158 Å². The first-order chi connectivity index (χ1) is 12.8. The summed E-state index contributed by atoms with van der Waals surface area (Å²) >= 11 is 1.64. The van der Waals surface area contributed by atoms with Crippen molar-refractivity contribution in [3.63, 3.8) is 0 Å². The van der Waals surface area contributed by atoms with Gasteiger partial charge in [-0.25, -0.2) is 4.98 Å². The number of aryl methyl sites for hydroxylation is 1. The second-order valence-electron chi connectivity index (χ2n) is 7.18. The van der Waals surface area contributed by atoms with E-state index in [0.29, 0.717) is 12.3 Å². The van der Waals surface area contributed by atoms with Crippen molar-refractivity contribution in [3.8, 4) is 11.3 Å². The minimum absolute atomic E-state index is 0.165. The lowest BCUT2D eigenvalue weighted by atomic mass is 9.89. The van der Waals surface area contributed by atoms with Crippen molar-refractivity contribution >= 4 is 22.2 Å². The normalized spacial score (nSPS) is 15.4. The second-order valence-corrected chi connectivity index (χ2v) is 8.02. The van der Waals surface area contributed by atoms with Crippen LogP contribution in [0.4, 0.5) is 0 Å². The van der Waals surface area contributed by atoms with Crippen molar-refractivity contribution in [2.75, 3.05) is 6.54 Å². The summed E-state index contributed by atoms with van der Waals surface area (Å²) < 4.78 is 2.13. The SMILES string of the molecule is O=C(CCc1csc2nc(-c3ccccc3)cn12)NCC1CCCCC1. The van der Waals surface area contributed by atoms with Crippen LogP contribution in [0.5, 0.6) is 0 Å². The quantitative estimate of drug-likeness (QED) is 0.687. The fourth-order valence-electron chi connectivity index (χ4n) is 3.74. The largest absolute Gasteiger partial charge is 0.356 e. The molecule has 0 spiro atoms. The first-order valence-electron chi connectivity index (χ1n) is 9.57. The van der Waals surface area contributed by atoms with Gasteiger partial charge in [0.05, 0.1) is 5.69 Å². The minimum Gasteiger partial charge on any atom is -0.356 e. The highest BCUT2D eigenvalue weighted by Crippen LogP contribution is 2.24. The van der Waals surface area contributed by atoms with Crippen LogP contribution in [0.3, 0.4) is 0 Å². The number of carbonyl (C=O) groups is 1. The Kier molecular flexibility index (Phi) is 5.34. The van der Waals surface area contributed by atoms with E-state index >= 15 is 0 Å². The van der Waals surface area contributed by atoms with Crippen LogP contribution in [0.1, 0.15) is 44.2 Å². The minimum atomic E-state index is 0.165. The van der Waals surface area contributed by atoms with Gasteiger partial charge in [0.25, 0.3) is 0 Å². The molecule has 5 heteroatoms. The van der Waals surface area contributed by atoms with Crippen molar-refractivity contribution < 1.29 is 4.79 Å². The van der Waals surface area contributed by atoms with E-state index in [1.807, 2.05) is 18.2 Å². The number of fused-ring (bicyclic) bond motifs is 1. The number of hydrogen-bond acceptors (Lipinski definition) is 3. The molecule has 4 rings (SSSR count). The van der Waals surface area contributed by atoms with E-state index in [1.54, 1.807) is 11.3 Å². The fraction of sp³-hybridized carbons (Fsp3) is 0.429. The molecule has 2 aromatic heterocycles. The van der Waals surface area contributed by atoms with Crippen LogP contribution in [-0.4, -0.2) is 21.8 Å².